The molecule has 1 saturated heterocycles. The first kappa shape index (κ1) is 73.7. The Hall–Kier alpha value is -7.36. The highest BCUT2D eigenvalue weighted by Gasteiger charge is 2.40. The van der Waals surface area contributed by atoms with Crippen molar-refractivity contribution in [3.05, 3.63) is 30.0 Å². The van der Waals surface area contributed by atoms with Crippen molar-refractivity contribution in [1.29, 1.82) is 0 Å². The number of aliphatic imine (C=N–C) groups is 1. The Balaban J connectivity index is 2.32. The van der Waals surface area contributed by atoms with Crippen LogP contribution in [-0.4, -0.2) is 194 Å². The predicted molar refractivity (Wildman–Crippen MR) is 319 cm³/mol. The second-order valence-electron chi connectivity index (χ2n) is 20.7. The minimum Gasteiger partial charge on any atom is -0.370 e. The standard InChI is InChI=1S/C53H98N22O10/c1-33(68-47(80)39(19-25-59)70-45(78)35(60)13-2-5-20-54)44(77)66-31-43(76)69-40(16-10-24-58)52(85)75-28-12-18-42(75)51(84)74-41(29-34-30-63-32-67-34)50(83)73-37(15-4-7-22-56)48(81)72-38(17-11-27-65-53(61)62)49(82)71-36(14-3-6-21-55)46(79)64-26-9-8-23-57/h17,30,32-33,35-37,39-42H,2-16,18-29,31,54-60H2,1H3,(H,63,67)(H,64,79)(H,66,77)(H,68,80)(H,69,76)(H,70,78)(H,71,82)(H,72,81)(H,73,83)(H,74,84)(H4,61,62,65)/b38-17-/t33?,35?,36-,37-,39-,40+,41?,42-/m0/s1. The van der Waals surface area contributed by atoms with Gasteiger partial charge in [0, 0.05) is 37.9 Å². The van der Waals surface area contributed by atoms with Gasteiger partial charge in [0.05, 0.1) is 18.9 Å². The molecule has 28 N–H and O–H groups in total. The van der Waals surface area contributed by atoms with E-state index in [2.05, 4.69) is 62.8 Å². The maximum Gasteiger partial charge on any atom is 0.268 e. The molecule has 1 aliphatic rings. The monoisotopic (exact) mass is 1200 g/mol. The summed E-state index contributed by atoms with van der Waals surface area (Å²) in [7, 11) is 0. The number of hydrogen-bond acceptors (Lipinski definition) is 19. The van der Waals surface area contributed by atoms with E-state index in [9.17, 15) is 47.9 Å². The molecule has 0 spiro atoms. The van der Waals surface area contributed by atoms with Crippen molar-refractivity contribution >= 4 is 65.0 Å². The molecule has 1 aliphatic heterocycles. The fraction of sp³-hybridized carbons (Fsp3) is 0.698. The molecule has 0 saturated carbocycles. The Labute approximate surface area is 497 Å². The molecule has 3 unspecified atom stereocenters. The summed E-state index contributed by atoms with van der Waals surface area (Å²) in [6, 6.07) is -9.16. The number of hydrogen-bond donors (Lipinski definition) is 19. The smallest absolute Gasteiger partial charge is 0.268 e. The number of imidazole rings is 1. The molecular weight excluding hydrogens is 1100 g/mol. The van der Waals surface area contributed by atoms with Crippen molar-refractivity contribution in [3.8, 4) is 0 Å². The number of nitrogens with one attached hydrogen (secondary N) is 10. The molecule has 480 valence electrons. The van der Waals surface area contributed by atoms with Gasteiger partial charge in [-0.1, -0.05) is 12.5 Å². The summed E-state index contributed by atoms with van der Waals surface area (Å²) in [5.74, 6) is -7.20. The SMILES string of the molecule is CC(NC(=O)[C@H](CCN)NC(=O)C(N)CCCCN)C(=O)NCC(=O)N[C@H](CCCN)C(=O)N1CCC[C@H]1C(=O)NC(Cc1cnc[nH]1)C(=O)N[C@@H](CCCCN)C(=O)N/C(=C\CCN=C(N)N)C(=O)N[C@@H](CCCCN)C(=O)NCCCCN. The summed E-state index contributed by atoms with van der Waals surface area (Å²) >= 11 is 0. The maximum atomic E-state index is 14.5. The molecule has 2 rings (SSSR count). The first-order valence-electron chi connectivity index (χ1n) is 29.4. The first-order valence-corrected chi connectivity index (χ1v) is 29.4. The van der Waals surface area contributed by atoms with E-state index in [0.29, 0.717) is 96.1 Å². The van der Waals surface area contributed by atoms with Gasteiger partial charge in [-0.15, -0.1) is 0 Å². The average Bonchev–Trinajstić information content (AvgIpc) is 4.31. The van der Waals surface area contributed by atoms with Crippen LogP contribution < -0.4 is 99.5 Å². The lowest BCUT2D eigenvalue weighted by Gasteiger charge is -2.30. The van der Waals surface area contributed by atoms with Crippen molar-refractivity contribution in [2.45, 2.75) is 171 Å². The molecule has 8 atom stereocenters. The van der Waals surface area contributed by atoms with E-state index in [0.717, 1.165) is 0 Å². The highest BCUT2D eigenvalue weighted by Crippen LogP contribution is 2.21. The molecule has 1 aromatic rings. The zero-order valence-corrected chi connectivity index (χ0v) is 49.3. The van der Waals surface area contributed by atoms with Crippen molar-refractivity contribution in [2.24, 2.45) is 56.6 Å². The Morgan fingerprint density at radius 2 is 1.22 bits per heavy atom. The topological polar surface area (TPSA) is 557 Å². The van der Waals surface area contributed by atoms with Crippen molar-refractivity contribution in [2.75, 3.05) is 65.4 Å². The van der Waals surface area contributed by atoms with E-state index >= 15 is 0 Å². The van der Waals surface area contributed by atoms with Crippen LogP contribution in [0.3, 0.4) is 0 Å². The average molecular weight is 1200 g/mol. The third-order valence-corrected chi connectivity index (χ3v) is 13.7. The van der Waals surface area contributed by atoms with Gasteiger partial charge < -0.3 is 109 Å². The summed E-state index contributed by atoms with van der Waals surface area (Å²) in [6.07, 6.45) is 10.2. The molecule has 0 bridgehead atoms. The largest absolute Gasteiger partial charge is 0.370 e. The van der Waals surface area contributed by atoms with E-state index in [-0.39, 0.29) is 95.7 Å². The highest BCUT2D eigenvalue weighted by molar-refractivity contribution is 6.02. The van der Waals surface area contributed by atoms with E-state index < -0.39 is 114 Å². The number of unbranched alkanes of at least 4 members (excludes halogenated alkanes) is 4. The molecule has 32 nitrogen and oxygen atoms in total. The minimum atomic E-state index is -1.37. The van der Waals surface area contributed by atoms with Crippen LogP contribution in [-0.2, 0) is 54.4 Å². The number of amides is 10. The van der Waals surface area contributed by atoms with E-state index in [1.165, 1.54) is 30.4 Å². The minimum absolute atomic E-state index is 0.0345. The third-order valence-electron chi connectivity index (χ3n) is 13.7. The zero-order chi connectivity index (χ0) is 63.1. The molecular formula is C53H98N22O10. The molecule has 0 radical (unpaired) electrons. The molecule has 10 amide bonds. The quantitative estimate of drug-likeness (QED) is 0.0125. The van der Waals surface area contributed by atoms with Crippen LogP contribution in [0.15, 0.2) is 29.3 Å². The van der Waals surface area contributed by atoms with Gasteiger partial charge in [-0.2, -0.15) is 0 Å². The van der Waals surface area contributed by atoms with Gasteiger partial charge in [-0.25, -0.2) is 4.98 Å². The van der Waals surface area contributed by atoms with Gasteiger partial charge in [0.25, 0.3) is 5.91 Å². The van der Waals surface area contributed by atoms with Crippen LogP contribution in [0, 0.1) is 0 Å². The predicted octanol–water partition coefficient (Wildman–Crippen LogP) is -6.69. The fourth-order valence-electron chi connectivity index (χ4n) is 8.93. The molecule has 0 aliphatic carbocycles. The number of nitrogens with two attached hydrogens (primary N) is 9. The van der Waals surface area contributed by atoms with E-state index in [4.69, 9.17) is 51.6 Å². The van der Waals surface area contributed by atoms with Crippen LogP contribution >= 0.6 is 0 Å². The van der Waals surface area contributed by atoms with Gasteiger partial charge >= 0.3 is 0 Å². The molecule has 2 heterocycles. The number of carbonyl (C=O) groups is 10. The molecule has 1 aromatic heterocycles. The number of nitrogens with zero attached hydrogens (tertiary/aromatic N) is 3. The van der Waals surface area contributed by atoms with Crippen LogP contribution in [0.2, 0.25) is 0 Å². The fourth-order valence-corrected chi connectivity index (χ4v) is 8.93. The summed E-state index contributed by atoms with van der Waals surface area (Å²) in [6.45, 7) is 2.91. The number of rotatable bonds is 44. The van der Waals surface area contributed by atoms with Gasteiger partial charge in [0.15, 0.2) is 5.96 Å². The number of likely N-dealkylation sites (tertiary alicyclic amines) is 1. The summed E-state index contributed by atoms with van der Waals surface area (Å²) in [5, 5.41) is 23.8. The Kier molecular flexibility index (Phi) is 36.8. The van der Waals surface area contributed by atoms with E-state index in [1.54, 1.807) is 0 Å². The van der Waals surface area contributed by atoms with Crippen LogP contribution in [0.1, 0.15) is 122 Å². The Bertz CT molecular complexity index is 2300. The van der Waals surface area contributed by atoms with Crippen molar-refractivity contribution in [3.63, 3.8) is 0 Å². The lowest BCUT2D eigenvalue weighted by atomic mass is 10.0. The van der Waals surface area contributed by atoms with Crippen molar-refractivity contribution in [1.82, 2.24) is 62.7 Å². The Morgan fingerprint density at radius 3 is 1.84 bits per heavy atom. The normalized spacial score (nSPS) is 15.6. The van der Waals surface area contributed by atoms with Gasteiger partial charge in [-0.05, 0) is 149 Å². The van der Waals surface area contributed by atoms with Crippen molar-refractivity contribution < 1.29 is 47.9 Å². The van der Waals surface area contributed by atoms with Crippen LogP contribution in [0.4, 0.5) is 0 Å². The van der Waals surface area contributed by atoms with Crippen LogP contribution in [0.5, 0.6) is 0 Å². The first-order chi connectivity index (χ1) is 40.7. The molecule has 85 heavy (non-hydrogen) atoms. The third kappa shape index (κ3) is 28.9. The molecule has 32 heteroatoms. The summed E-state index contributed by atoms with van der Waals surface area (Å²) in [5.41, 5.74) is 51.4. The molecule has 1 fully saturated rings. The second kappa shape index (κ2) is 42.4. The number of aromatic amines is 1. The summed E-state index contributed by atoms with van der Waals surface area (Å²) in [4.78, 5) is 149. The van der Waals surface area contributed by atoms with Gasteiger partial charge in [0.2, 0.25) is 53.2 Å². The second-order valence-corrected chi connectivity index (χ2v) is 20.7. The highest BCUT2D eigenvalue weighted by atomic mass is 16.2. The number of carbonyl (C=O) groups excluding carboxylic acids is 10. The molecule has 0 aromatic carbocycles. The van der Waals surface area contributed by atoms with Gasteiger partial charge in [0.1, 0.15) is 48.0 Å². The summed E-state index contributed by atoms with van der Waals surface area (Å²) < 4.78 is 0. The van der Waals surface area contributed by atoms with Crippen LogP contribution in [0.25, 0.3) is 0 Å². The lowest BCUT2D eigenvalue weighted by molar-refractivity contribution is -0.142. The number of H-pyrrole nitrogens is 1. The maximum absolute atomic E-state index is 14.5. The zero-order valence-electron chi connectivity index (χ0n) is 49.3. The Morgan fingerprint density at radius 1 is 0.635 bits per heavy atom. The number of aromatic nitrogens is 2. The number of guanidine groups is 1. The lowest BCUT2D eigenvalue weighted by Crippen LogP contribution is -2.59. The van der Waals surface area contributed by atoms with Gasteiger partial charge in [-0.3, -0.25) is 52.9 Å². The van der Waals surface area contributed by atoms with E-state index in [1.807, 2.05) is 0 Å².